The van der Waals surface area contributed by atoms with E-state index in [1.54, 1.807) is 12.1 Å². The molecule has 1 heterocycles. The van der Waals surface area contributed by atoms with Gasteiger partial charge in [-0.1, -0.05) is 6.07 Å². The van der Waals surface area contributed by atoms with Crippen LogP contribution in [0.2, 0.25) is 0 Å². The highest BCUT2D eigenvalue weighted by molar-refractivity contribution is 5.36. The molecule has 19 heavy (non-hydrogen) atoms. The third-order valence-corrected chi connectivity index (χ3v) is 3.45. The van der Waals surface area contributed by atoms with Crippen molar-refractivity contribution in [3.05, 3.63) is 29.8 Å². The molecule has 1 aliphatic rings. The monoisotopic (exact) mass is 259 g/mol. The molecule has 0 amide bonds. The largest absolute Gasteiger partial charge is 0.494 e. The van der Waals surface area contributed by atoms with Crippen LogP contribution in [0.25, 0.3) is 0 Å². The van der Waals surface area contributed by atoms with E-state index in [-0.39, 0.29) is 0 Å². The van der Waals surface area contributed by atoms with Crippen molar-refractivity contribution in [3.8, 4) is 11.8 Å². The van der Waals surface area contributed by atoms with E-state index in [4.69, 9.17) is 10.00 Å². The van der Waals surface area contributed by atoms with Crippen LogP contribution in [0.5, 0.6) is 5.75 Å². The number of hydrogen-bond donors (Lipinski definition) is 0. The molecule has 0 N–H and O–H groups in total. The number of hydrogen-bond acceptors (Lipinski definition) is 4. The second-order valence-corrected chi connectivity index (χ2v) is 4.99. The van der Waals surface area contributed by atoms with Crippen LogP contribution in [0.4, 0.5) is 0 Å². The third kappa shape index (κ3) is 4.55. The van der Waals surface area contributed by atoms with E-state index in [0.717, 1.165) is 44.9 Å². The van der Waals surface area contributed by atoms with Crippen molar-refractivity contribution >= 4 is 0 Å². The molecule has 0 aliphatic carbocycles. The van der Waals surface area contributed by atoms with Gasteiger partial charge in [-0.3, -0.25) is 0 Å². The lowest BCUT2D eigenvalue weighted by Gasteiger charge is -2.32. The standard InChI is InChI=1S/C15H21N3O/c1-17-7-9-18(10-8-17)6-3-11-19-15-5-2-4-14(12-15)13-16/h2,4-5,12H,3,6-11H2,1H3. The molecule has 4 heteroatoms. The Kier molecular flexibility index (Phi) is 5.20. The second kappa shape index (κ2) is 7.13. The number of nitrogens with zero attached hydrogens (tertiary/aromatic N) is 3. The van der Waals surface area contributed by atoms with Crippen LogP contribution in [0.1, 0.15) is 12.0 Å². The van der Waals surface area contributed by atoms with Crippen molar-refractivity contribution in [2.24, 2.45) is 0 Å². The summed E-state index contributed by atoms with van der Waals surface area (Å²) in [6.07, 6.45) is 1.03. The molecule has 102 valence electrons. The van der Waals surface area contributed by atoms with Crippen LogP contribution >= 0.6 is 0 Å². The molecular weight excluding hydrogens is 238 g/mol. The van der Waals surface area contributed by atoms with Crippen LogP contribution < -0.4 is 4.74 Å². The first-order valence-electron chi connectivity index (χ1n) is 6.82. The molecule has 0 saturated carbocycles. The fourth-order valence-corrected chi connectivity index (χ4v) is 2.21. The summed E-state index contributed by atoms with van der Waals surface area (Å²) in [5.74, 6) is 0.789. The Bertz CT molecular complexity index is 433. The number of nitriles is 1. The van der Waals surface area contributed by atoms with E-state index in [1.165, 1.54) is 0 Å². The highest BCUT2D eigenvalue weighted by atomic mass is 16.5. The van der Waals surface area contributed by atoms with Gasteiger partial charge in [0.15, 0.2) is 0 Å². The molecule has 2 rings (SSSR count). The van der Waals surface area contributed by atoms with Gasteiger partial charge < -0.3 is 14.5 Å². The Morgan fingerprint density at radius 3 is 2.79 bits per heavy atom. The molecule has 1 aliphatic heterocycles. The Morgan fingerprint density at radius 1 is 1.26 bits per heavy atom. The van der Waals surface area contributed by atoms with E-state index in [1.807, 2.05) is 12.1 Å². The molecule has 4 nitrogen and oxygen atoms in total. The topological polar surface area (TPSA) is 39.5 Å². The van der Waals surface area contributed by atoms with E-state index in [0.29, 0.717) is 12.2 Å². The van der Waals surface area contributed by atoms with Crippen molar-refractivity contribution in [2.45, 2.75) is 6.42 Å². The average molecular weight is 259 g/mol. The summed E-state index contributed by atoms with van der Waals surface area (Å²) in [6.45, 7) is 6.42. The van der Waals surface area contributed by atoms with Gasteiger partial charge in [0, 0.05) is 32.7 Å². The predicted molar refractivity (Wildman–Crippen MR) is 75.2 cm³/mol. The predicted octanol–water partition coefficient (Wildman–Crippen LogP) is 1.57. The van der Waals surface area contributed by atoms with Crippen LogP contribution in [0.15, 0.2) is 24.3 Å². The zero-order valence-corrected chi connectivity index (χ0v) is 11.5. The van der Waals surface area contributed by atoms with Gasteiger partial charge in [-0.2, -0.15) is 5.26 Å². The van der Waals surface area contributed by atoms with Gasteiger partial charge in [-0.05, 0) is 31.7 Å². The quantitative estimate of drug-likeness (QED) is 0.753. The molecule has 1 fully saturated rings. The highest BCUT2D eigenvalue weighted by Crippen LogP contribution is 2.12. The van der Waals surface area contributed by atoms with Gasteiger partial charge in [0.1, 0.15) is 5.75 Å². The number of likely N-dealkylation sites (N-methyl/N-ethyl adjacent to an activating group) is 1. The zero-order chi connectivity index (χ0) is 13.5. The molecule has 0 spiro atoms. The van der Waals surface area contributed by atoms with E-state index in [9.17, 15) is 0 Å². The molecule has 0 atom stereocenters. The first kappa shape index (κ1) is 13.9. The van der Waals surface area contributed by atoms with Crippen molar-refractivity contribution in [3.63, 3.8) is 0 Å². The Hall–Kier alpha value is -1.57. The van der Waals surface area contributed by atoms with Gasteiger partial charge in [0.25, 0.3) is 0 Å². The lowest BCUT2D eigenvalue weighted by molar-refractivity contribution is 0.145. The minimum atomic E-state index is 0.650. The van der Waals surface area contributed by atoms with Crippen molar-refractivity contribution in [1.29, 1.82) is 5.26 Å². The number of benzene rings is 1. The van der Waals surface area contributed by atoms with Crippen molar-refractivity contribution in [2.75, 3.05) is 46.4 Å². The van der Waals surface area contributed by atoms with Crippen LogP contribution in [0.3, 0.4) is 0 Å². The number of ether oxygens (including phenoxy) is 1. The molecule has 0 bridgehead atoms. The molecule has 1 aromatic rings. The van der Waals surface area contributed by atoms with Crippen molar-refractivity contribution < 1.29 is 4.74 Å². The summed E-state index contributed by atoms with van der Waals surface area (Å²) in [7, 11) is 2.17. The molecule has 0 aromatic heterocycles. The fraction of sp³-hybridized carbons (Fsp3) is 0.533. The maximum atomic E-state index is 8.81. The van der Waals surface area contributed by atoms with E-state index < -0.39 is 0 Å². The highest BCUT2D eigenvalue weighted by Gasteiger charge is 2.12. The maximum Gasteiger partial charge on any atom is 0.120 e. The summed E-state index contributed by atoms with van der Waals surface area (Å²) in [5.41, 5.74) is 0.650. The molecule has 1 aromatic carbocycles. The first-order valence-corrected chi connectivity index (χ1v) is 6.82. The van der Waals surface area contributed by atoms with Crippen molar-refractivity contribution in [1.82, 2.24) is 9.80 Å². The Labute approximate surface area is 115 Å². The molecule has 0 radical (unpaired) electrons. The first-order chi connectivity index (χ1) is 9.28. The van der Waals surface area contributed by atoms with Gasteiger partial charge in [-0.25, -0.2) is 0 Å². The van der Waals surface area contributed by atoms with Gasteiger partial charge in [0.05, 0.1) is 18.2 Å². The zero-order valence-electron chi connectivity index (χ0n) is 11.5. The summed E-state index contributed by atoms with van der Waals surface area (Å²) < 4.78 is 5.67. The molecular formula is C15H21N3O. The summed E-state index contributed by atoms with van der Waals surface area (Å²) in [4.78, 5) is 4.84. The number of rotatable bonds is 5. The lowest BCUT2D eigenvalue weighted by Crippen LogP contribution is -2.44. The Balaban J connectivity index is 1.65. The summed E-state index contributed by atoms with van der Waals surface area (Å²) in [5, 5.41) is 8.81. The fourth-order valence-electron chi connectivity index (χ4n) is 2.21. The number of piperazine rings is 1. The van der Waals surface area contributed by atoms with Gasteiger partial charge in [-0.15, -0.1) is 0 Å². The van der Waals surface area contributed by atoms with E-state index in [2.05, 4.69) is 22.9 Å². The average Bonchev–Trinajstić information content (AvgIpc) is 2.46. The van der Waals surface area contributed by atoms with Crippen LogP contribution in [0, 0.1) is 11.3 Å². The minimum absolute atomic E-state index is 0.650. The minimum Gasteiger partial charge on any atom is -0.494 e. The molecule has 1 saturated heterocycles. The Morgan fingerprint density at radius 2 is 2.05 bits per heavy atom. The second-order valence-electron chi connectivity index (χ2n) is 4.99. The summed E-state index contributed by atoms with van der Waals surface area (Å²) in [6, 6.07) is 9.45. The summed E-state index contributed by atoms with van der Waals surface area (Å²) >= 11 is 0. The smallest absolute Gasteiger partial charge is 0.120 e. The van der Waals surface area contributed by atoms with Crippen LogP contribution in [-0.4, -0.2) is 56.2 Å². The third-order valence-electron chi connectivity index (χ3n) is 3.45. The van der Waals surface area contributed by atoms with Gasteiger partial charge >= 0.3 is 0 Å². The maximum absolute atomic E-state index is 8.81. The lowest BCUT2D eigenvalue weighted by atomic mass is 10.2. The van der Waals surface area contributed by atoms with E-state index >= 15 is 0 Å². The molecule has 0 unspecified atom stereocenters. The van der Waals surface area contributed by atoms with Crippen LogP contribution in [-0.2, 0) is 0 Å². The SMILES string of the molecule is CN1CCN(CCCOc2cccc(C#N)c2)CC1. The normalized spacial score (nSPS) is 17.1. The van der Waals surface area contributed by atoms with Gasteiger partial charge in [0.2, 0.25) is 0 Å².